The lowest BCUT2D eigenvalue weighted by Crippen LogP contribution is -2.28. The van der Waals surface area contributed by atoms with E-state index in [2.05, 4.69) is 10.6 Å². The number of anilines is 1. The van der Waals surface area contributed by atoms with Crippen LogP contribution in [0.3, 0.4) is 0 Å². The summed E-state index contributed by atoms with van der Waals surface area (Å²) in [7, 11) is 4.72. The van der Waals surface area contributed by atoms with Crippen molar-refractivity contribution in [1.29, 1.82) is 0 Å². The van der Waals surface area contributed by atoms with E-state index in [9.17, 15) is 18.0 Å². The van der Waals surface area contributed by atoms with Crippen LogP contribution in [-0.2, 0) is 17.5 Å². The molecule has 0 saturated carbocycles. The maximum Gasteiger partial charge on any atom is 0.418 e. The van der Waals surface area contributed by atoms with Gasteiger partial charge >= 0.3 is 6.18 Å². The van der Waals surface area contributed by atoms with Gasteiger partial charge in [0.05, 0.1) is 5.56 Å². The van der Waals surface area contributed by atoms with Gasteiger partial charge in [-0.15, -0.1) is 0 Å². The maximum absolute atomic E-state index is 13.2. The molecule has 2 N–H and O–H groups in total. The van der Waals surface area contributed by atoms with E-state index in [0.29, 0.717) is 12.1 Å². The monoisotopic (exact) mass is 303 g/mol. The van der Waals surface area contributed by atoms with Crippen LogP contribution >= 0.6 is 0 Å². The van der Waals surface area contributed by atoms with Gasteiger partial charge in [-0.05, 0) is 24.7 Å². The number of alkyl halides is 3. The van der Waals surface area contributed by atoms with Crippen LogP contribution in [0.15, 0.2) is 18.2 Å². The molecule has 0 spiro atoms. The number of hydrogen-bond acceptors (Lipinski definition) is 3. The molecule has 4 nitrogen and oxygen atoms in total. The highest BCUT2D eigenvalue weighted by molar-refractivity contribution is 5.76. The molecule has 0 fully saturated rings. The van der Waals surface area contributed by atoms with Crippen molar-refractivity contribution in [3.8, 4) is 0 Å². The van der Waals surface area contributed by atoms with Crippen LogP contribution in [0.2, 0.25) is 0 Å². The minimum atomic E-state index is -4.43. The van der Waals surface area contributed by atoms with Crippen LogP contribution in [0.25, 0.3) is 0 Å². The first-order chi connectivity index (χ1) is 9.79. The summed E-state index contributed by atoms with van der Waals surface area (Å²) in [5.74, 6) is -0.206. The molecule has 7 heteroatoms. The van der Waals surface area contributed by atoms with Crippen molar-refractivity contribution in [2.75, 3.05) is 32.6 Å². The Bertz CT molecular complexity index is 489. The molecule has 1 amide bonds. The molecule has 0 aliphatic rings. The second-order valence-corrected chi connectivity index (χ2v) is 4.72. The van der Waals surface area contributed by atoms with Gasteiger partial charge in [0, 0.05) is 39.3 Å². The Morgan fingerprint density at radius 3 is 2.48 bits per heavy atom. The van der Waals surface area contributed by atoms with Crippen LogP contribution in [0.4, 0.5) is 18.9 Å². The molecule has 0 unspecified atom stereocenters. The van der Waals surface area contributed by atoms with Gasteiger partial charge in [-0.25, -0.2) is 0 Å². The summed E-state index contributed by atoms with van der Waals surface area (Å²) in [6.45, 7) is 0.583. The molecule has 118 valence electrons. The van der Waals surface area contributed by atoms with Gasteiger partial charge in [-0.1, -0.05) is 6.07 Å². The molecule has 0 atom stereocenters. The van der Waals surface area contributed by atoms with Gasteiger partial charge in [0.2, 0.25) is 5.91 Å². The molecule has 0 aromatic heterocycles. The molecule has 1 aromatic rings. The molecule has 0 heterocycles. The van der Waals surface area contributed by atoms with Crippen molar-refractivity contribution in [2.45, 2.75) is 19.1 Å². The van der Waals surface area contributed by atoms with E-state index in [1.165, 1.54) is 18.0 Å². The number of hydrogen-bond donors (Lipinski definition) is 2. The Hall–Kier alpha value is -1.76. The summed E-state index contributed by atoms with van der Waals surface area (Å²) >= 11 is 0. The first kappa shape index (κ1) is 17.3. The molecule has 0 saturated heterocycles. The first-order valence-electron chi connectivity index (χ1n) is 6.56. The predicted octanol–water partition coefficient (Wildman–Crippen LogP) is 2.00. The lowest BCUT2D eigenvalue weighted by molar-refractivity contribution is -0.137. The number of carbonyl (C=O) groups excluding carboxylic acids is 1. The predicted molar refractivity (Wildman–Crippen MR) is 76.2 cm³/mol. The van der Waals surface area contributed by atoms with Crippen LogP contribution in [0.5, 0.6) is 0 Å². The fraction of sp³-hybridized carbons (Fsp3) is 0.500. The molecule has 1 aromatic carbocycles. The van der Waals surface area contributed by atoms with Gasteiger partial charge in [-0.2, -0.15) is 13.2 Å². The van der Waals surface area contributed by atoms with E-state index in [0.717, 1.165) is 6.07 Å². The Morgan fingerprint density at radius 2 is 1.95 bits per heavy atom. The minimum absolute atomic E-state index is 0.0752. The lowest BCUT2D eigenvalue weighted by Gasteiger charge is -2.24. The topological polar surface area (TPSA) is 44.4 Å². The number of nitrogens with one attached hydrogen (secondary N) is 2. The third kappa shape index (κ3) is 4.93. The van der Waals surface area contributed by atoms with Gasteiger partial charge in [0.15, 0.2) is 0 Å². The molecular formula is C14H20F3N3O. The fourth-order valence-electron chi connectivity index (χ4n) is 1.97. The summed E-state index contributed by atoms with van der Waals surface area (Å²) in [5, 5.41) is 5.27. The van der Waals surface area contributed by atoms with Gasteiger partial charge in [-0.3, -0.25) is 4.79 Å². The van der Waals surface area contributed by atoms with Crippen molar-refractivity contribution in [1.82, 2.24) is 10.6 Å². The molecule has 1 rings (SSSR count). The quantitative estimate of drug-likeness (QED) is 0.845. The smallest absolute Gasteiger partial charge is 0.374 e. The number of rotatable bonds is 6. The highest BCUT2D eigenvalue weighted by Gasteiger charge is 2.34. The van der Waals surface area contributed by atoms with Gasteiger partial charge in [0.25, 0.3) is 0 Å². The van der Waals surface area contributed by atoms with E-state index in [4.69, 9.17) is 0 Å². The average Bonchev–Trinajstić information content (AvgIpc) is 2.43. The number of carbonyl (C=O) groups is 1. The van der Waals surface area contributed by atoms with Crippen LogP contribution in [0.1, 0.15) is 17.5 Å². The highest BCUT2D eigenvalue weighted by Crippen LogP contribution is 2.37. The summed E-state index contributed by atoms with van der Waals surface area (Å²) in [6, 6.07) is 4.24. The second kappa shape index (κ2) is 7.31. The first-order valence-corrected chi connectivity index (χ1v) is 6.56. The Morgan fingerprint density at radius 1 is 1.29 bits per heavy atom. The summed E-state index contributed by atoms with van der Waals surface area (Å²) in [4.78, 5) is 12.6. The van der Waals surface area contributed by atoms with E-state index < -0.39 is 11.7 Å². The zero-order valence-electron chi connectivity index (χ0n) is 12.3. The lowest BCUT2D eigenvalue weighted by atomic mass is 10.1. The van der Waals surface area contributed by atoms with E-state index >= 15 is 0 Å². The van der Waals surface area contributed by atoms with Crippen LogP contribution in [-0.4, -0.2) is 33.6 Å². The molecule has 0 aliphatic heterocycles. The average molecular weight is 303 g/mol. The SMILES string of the molecule is CNCc1ccc(N(C)CCC(=O)NC)c(C(F)(F)F)c1. The summed E-state index contributed by atoms with van der Waals surface area (Å²) < 4.78 is 39.5. The Balaban J connectivity index is 3.02. The summed E-state index contributed by atoms with van der Waals surface area (Å²) in [6.07, 6.45) is -4.29. The van der Waals surface area contributed by atoms with Crippen molar-refractivity contribution in [3.63, 3.8) is 0 Å². The number of halogens is 3. The number of amides is 1. The van der Waals surface area contributed by atoms with Crippen molar-refractivity contribution >= 4 is 11.6 Å². The molecule has 0 aliphatic carbocycles. The minimum Gasteiger partial charge on any atom is -0.374 e. The third-order valence-corrected chi connectivity index (χ3v) is 3.11. The fourth-order valence-corrected chi connectivity index (χ4v) is 1.97. The van der Waals surface area contributed by atoms with Crippen LogP contribution in [0, 0.1) is 0 Å². The van der Waals surface area contributed by atoms with Crippen molar-refractivity contribution < 1.29 is 18.0 Å². The standard InChI is InChI=1S/C14H20F3N3O/c1-18-9-10-4-5-12(11(8-10)14(15,16)17)20(3)7-6-13(21)19-2/h4-5,8,18H,6-7,9H2,1-3H3,(H,19,21). The maximum atomic E-state index is 13.2. The van der Waals surface area contributed by atoms with E-state index in [1.807, 2.05) is 0 Å². The summed E-state index contributed by atoms with van der Waals surface area (Å²) in [5.41, 5.74) is -0.0470. The third-order valence-electron chi connectivity index (χ3n) is 3.11. The highest BCUT2D eigenvalue weighted by atomic mass is 19.4. The van der Waals surface area contributed by atoms with Crippen LogP contribution < -0.4 is 15.5 Å². The molecule has 21 heavy (non-hydrogen) atoms. The molecule has 0 bridgehead atoms. The Labute approximate surface area is 122 Å². The Kier molecular flexibility index (Phi) is 6.02. The number of benzene rings is 1. The second-order valence-electron chi connectivity index (χ2n) is 4.72. The van der Waals surface area contributed by atoms with Crippen molar-refractivity contribution in [3.05, 3.63) is 29.3 Å². The van der Waals surface area contributed by atoms with E-state index in [1.54, 1.807) is 20.2 Å². The van der Waals surface area contributed by atoms with Gasteiger partial charge in [0.1, 0.15) is 0 Å². The molecule has 0 radical (unpaired) electrons. The van der Waals surface area contributed by atoms with E-state index in [-0.39, 0.29) is 24.6 Å². The van der Waals surface area contributed by atoms with Gasteiger partial charge < -0.3 is 15.5 Å². The normalized spacial score (nSPS) is 11.3. The van der Waals surface area contributed by atoms with Crippen molar-refractivity contribution in [2.24, 2.45) is 0 Å². The molecular weight excluding hydrogens is 283 g/mol. The zero-order valence-corrected chi connectivity index (χ0v) is 12.3. The largest absolute Gasteiger partial charge is 0.418 e. The number of nitrogens with zero attached hydrogens (tertiary/aromatic N) is 1. The zero-order chi connectivity index (χ0) is 16.0.